The molecule has 3 heterocycles. The molecule has 12 heteroatoms. The number of esters is 1. The fourth-order valence-electron chi connectivity index (χ4n) is 5.81. The van der Waals surface area contributed by atoms with Crippen molar-refractivity contribution < 1.29 is 22.7 Å². The van der Waals surface area contributed by atoms with Crippen LogP contribution >= 0.6 is 38.6 Å². The highest BCUT2D eigenvalue weighted by molar-refractivity contribution is 9.10. The van der Waals surface area contributed by atoms with Crippen LogP contribution in [0.3, 0.4) is 0 Å². The average molecular weight is 753 g/mol. The lowest BCUT2D eigenvalue weighted by atomic mass is 10.1. The van der Waals surface area contributed by atoms with Gasteiger partial charge in [0.25, 0.3) is 15.9 Å². The van der Waals surface area contributed by atoms with Crippen molar-refractivity contribution in [1.82, 2.24) is 4.90 Å². The second kappa shape index (κ2) is 14.2. The molecule has 1 saturated heterocycles. The summed E-state index contributed by atoms with van der Waals surface area (Å²) in [5.41, 5.74) is 3.19. The molecule has 8 nitrogen and oxygen atoms in total. The quantitative estimate of drug-likeness (QED) is 0.137. The fraction of sp³-hybridized carbons (Fsp3) is 0.257. The molecule has 0 radical (unpaired) electrons. The molecule has 1 fully saturated rings. The van der Waals surface area contributed by atoms with E-state index in [0.717, 1.165) is 26.7 Å². The van der Waals surface area contributed by atoms with E-state index in [1.165, 1.54) is 27.0 Å². The van der Waals surface area contributed by atoms with Crippen molar-refractivity contribution in [2.24, 2.45) is 0 Å². The molecule has 0 saturated carbocycles. The van der Waals surface area contributed by atoms with Gasteiger partial charge in [0.1, 0.15) is 9.75 Å². The van der Waals surface area contributed by atoms with E-state index >= 15 is 0 Å². The van der Waals surface area contributed by atoms with E-state index in [0.29, 0.717) is 52.7 Å². The fourth-order valence-corrected chi connectivity index (χ4v) is 10.0. The summed E-state index contributed by atoms with van der Waals surface area (Å²) in [6.45, 7) is 6.27. The largest absolute Gasteiger partial charge is 0.462 e. The Kier molecular flexibility index (Phi) is 10.0. The predicted octanol–water partition coefficient (Wildman–Crippen LogP) is 7.61. The Hall–Kier alpha value is -3.71. The SMILES string of the molecule is CCOC(=O)c1sc2cc(S(=O)(=O)N(CCc3ccccc3)c3ccccc3N3CCN(C(=O)c4sccc4Br)CC3)ccc2c1C. The number of para-hydroxylation sites is 2. The van der Waals surface area contributed by atoms with Gasteiger partial charge in [-0.05, 0) is 88.4 Å². The number of amides is 1. The van der Waals surface area contributed by atoms with Crippen LogP contribution in [0.25, 0.3) is 10.1 Å². The zero-order valence-corrected chi connectivity index (χ0v) is 30.1. The summed E-state index contributed by atoms with van der Waals surface area (Å²) in [4.78, 5) is 31.1. The van der Waals surface area contributed by atoms with Gasteiger partial charge in [0, 0.05) is 41.9 Å². The molecule has 47 heavy (non-hydrogen) atoms. The predicted molar refractivity (Wildman–Crippen MR) is 194 cm³/mol. The highest BCUT2D eigenvalue weighted by atomic mass is 79.9. The Morgan fingerprint density at radius 1 is 0.936 bits per heavy atom. The Labute approximate surface area is 291 Å². The van der Waals surface area contributed by atoms with Crippen molar-refractivity contribution in [3.63, 3.8) is 0 Å². The molecule has 6 rings (SSSR count). The molecular formula is C35H34BrN3O5S3. The zero-order chi connectivity index (χ0) is 33.1. The van der Waals surface area contributed by atoms with Gasteiger partial charge in [0.05, 0.1) is 22.9 Å². The third-order valence-corrected chi connectivity index (χ3v) is 13.1. The van der Waals surface area contributed by atoms with Crippen LogP contribution < -0.4 is 9.21 Å². The molecule has 244 valence electrons. The third-order valence-electron chi connectivity index (χ3n) is 8.27. The first kappa shape index (κ1) is 33.2. The summed E-state index contributed by atoms with van der Waals surface area (Å²) in [5, 5.41) is 2.72. The molecule has 1 aliphatic rings. The van der Waals surface area contributed by atoms with Gasteiger partial charge in [-0.25, -0.2) is 13.2 Å². The van der Waals surface area contributed by atoms with Crippen molar-refractivity contribution in [1.29, 1.82) is 0 Å². The lowest BCUT2D eigenvalue weighted by Crippen LogP contribution is -2.49. The Balaban J connectivity index is 1.33. The lowest BCUT2D eigenvalue weighted by molar-refractivity contribution is 0.0531. The van der Waals surface area contributed by atoms with Crippen LogP contribution in [0.15, 0.2) is 93.6 Å². The number of halogens is 1. The first-order chi connectivity index (χ1) is 22.7. The number of thiophene rings is 2. The van der Waals surface area contributed by atoms with Gasteiger partial charge in [-0.1, -0.05) is 48.5 Å². The van der Waals surface area contributed by atoms with E-state index in [4.69, 9.17) is 4.74 Å². The molecule has 2 aromatic heterocycles. The molecular weight excluding hydrogens is 719 g/mol. The zero-order valence-electron chi connectivity index (χ0n) is 26.0. The number of ether oxygens (including phenoxy) is 1. The summed E-state index contributed by atoms with van der Waals surface area (Å²) in [6, 6.07) is 24.4. The number of anilines is 2. The minimum Gasteiger partial charge on any atom is -0.462 e. The number of nitrogens with zero attached hydrogens (tertiary/aromatic N) is 3. The molecule has 1 aliphatic heterocycles. The summed E-state index contributed by atoms with van der Waals surface area (Å²) in [7, 11) is -4.04. The molecule has 0 unspecified atom stereocenters. The topological polar surface area (TPSA) is 87.2 Å². The van der Waals surface area contributed by atoms with E-state index in [9.17, 15) is 18.0 Å². The molecule has 0 aliphatic carbocycles. The standard InChI is InChI=1S/C35H34BrN3O5S3/c1-3-44-35(41)32-24(2)27-14-13-26(23-31(27)46-32)47(42,43)39(17-15-25-9-5-4-6-10-25)30-12-8-7-11-29(30)37-18-20-38(21-19-37)34(40)33-28(36)16-22-45-33/h4-14,16,22-23H,3,15,17-21H2,1-2H3. The van der Waals surface area contributed by atoms with Gasteiger partial charge in [0.2, 0.25) is 0 Å². The summed E-state index contributed by atoms with van der Waals surface area (Å²) >= 11 is 6.14. The number of aryl methyl sites for hydroxylation is 1. The van der Waals surface area contributed by atoms with Crippen LogP contribution in [0.4, 0.5) is 11.4 Å². The maximum Gasteiger partial charge on any atom is 0.348 e. The average Bonchev–Trinajstić information content (AvgIpc) is 3.67. The van der Waals surface area contributed by atoms with Gasteiger partial charge in [-0.2, -0.15) is 0 Å². The summed E-state index contributed by atoms with van der Waals surface area (Å²) in [6.07, 6.45) is 0.514. The molecule has 0 spiro atoms. The first-order valence-corrected chi connectivity index (χ1v) is 19.2. The maximum absolute atomic E-state index is 14.6. The van der Waals surface area contributed by atoms with Gasteiger partial charge < -0.3 is 14.5 Å². The van der Waals surface area contributed by atoms with Crippen molar-refractivity contribution in [2.75, 3.05) is 48.5 Å². The van der Waals surface area contributed by atoms with Gasteiger partial charge in [-0.15, -0.1) is 22.7 Å². The molecule has 3 aromatic carbocycles. The third kappa shape index (κ3) is 6.83. The molecule has 5 aromatic rings. The van der Waals surface area contributed by atoms with Crippen LogP contribution in [0.5, 0.6) is 0 Å². The van der Waals surface area contributed by atoms with Crippen LogP contribution in [0, 0.1) is 6.92 Å². The van der Waals surface area contributed by atoms with E-state index < -0.39 is 16.0 Å². The number of carbonyl (C=O) groups is 2. The summed E-state index contributed by atoms with van der Waals surface area (Å²) in [5.74, 6) is -0.406. The maximum atomic E-state index is 14.6. The van der Waals surface area contributed by atoms with Crippen molar-refractivity contribution in [3.05, 3.63) is 110 Å². The van der Waals surface area contributed by atoms with Gasteiger partial charge in [-0.3, -0.25) is 9.10 Å². The second-order valence-corrected chi connectivity index (χ2v) is 15.8. The second-order valence-electron chi connectivity index (χ2n) is 11.1. The number of sulfonamides is 1. The lowest BCUT2D eigenvalue weighted by Gasteiger charge is -2.38. The molecule has 1 amide bonds. The van der Waals surface area contributed by atoms with Crippen molar-refractivity contribution >= 4 is 82.0 Å². The molecule has 0 bridgehead atoms. The normalized spacial score (nSPS) is 13.6. The van der Waals surface area contributed by atoms with Crippen molar-refractivity contribution in [3.8, 4) is 0 Å². The van der Waals surface area contributed by atoms with E-state index in [1.807, 2.05) is 77.9 Å². The van der Waals surface area contributed by atoms with E-state index in [2.05, 4.69) is 20.8 Å². The smallest absolute Gasteiger partial charge is 0.348 e. The van der Waals surface area contributed by atoms with E-state index in [-0.39, 0.29) is 24.0 Å². The Morgan fingerprint density at radius 2 is 1.66 bits per heavy atom. The number of hydrogen-bond acceptors (Lipinski definition) is 8. The van der Waals surface area contributed by atoms with Crippen LogP contribution in [0.2, 0.25) is 0 Å². The highest BCUT2D eigenvalue weighted by Gasteiger charge is 2.31. The monoisotopic (exact) mass is 751 g/mol. The van der Waals surface area contributed by atoms with E-state index in [1.54, 1.807) is 25.1 Å². The Bertz CT molecular complexity index is 2020. The van der Waals surface area contributed by atoms with Crippen LogP contribution in [-0.4, -0.2) is 64.5 Å². The number of benzene rings is 3. The van der Waals surface area contributed by atoms with Crippen LogP contribution in [-0.2, 0) is 21.2 Å². The number of rotatable bonds is 10. The number of carbonyl (C=O) groups excluding carboxylic acids is 2. The minimum atomic E-state index is -4.04. The number of fused-ring (bicyclic) bond motifs is 1. The molecule has 0 atom stereocenters. The summed E-state index contributed by atoms with van der Waals surface area (Å²) < 4.78 is 37.5. The molecule has 0 N–H and O–H groups in total. The van der Waals surface area contributed by atoms with Gasteiger partial charge in [0.15, 0.2) is 0 Å². The highest BCUT2D eigenvalue weighted by Crippen LogP contribution is 2.37. The Morgan fingerprint density at radius 3 is 2.36 bits per heavy atom. The first-order valence-electron chi connectivity index (χ1n) is 15.3. The minimum absolute atomic E-state index is 0.00260. The van der Waals surface area contributed by atoms with Crippen LogP contribution in [0.1, 0.15) is 37.4 Å². The number of piperazine rings is 1. The van der Waals surface area contributed by atoms with Crippen molar-refractivity contribution in [2.45, 2.75) is 25.2 Å². The number of hydrogen-bond donors (Lipinski definition) is 0. The van der Waals surface area contributed by atoms with Gasteiger partial charge >= 0.3 is 5.97 Å².